The summed E-state index contributed by atoms with van der Waals surface area (Å²) < 4.78 is 39.9. The van der Waals surface area contributed by atoms with Gasteiger partial charge in [0.15, 0.2) is 0 Å². The molecule has 0 bridgehead atoms. The smallest absolute Gasteiger partial charge is 0.416 e. The number of rotatable bonds is 3. The predicted molar refractivity (Wildman–Crippen MR) is 67.4 cm³/mol. The van der Waals surface area contributed by atoms with E-state index >= 15 is 0 Å². The van der Waals surface area contributed by atoms with E-state index in [4.69, 9.17) is 5.11 Å². The van der Waals surface area contributed by atoms with Crippen molar-refractivity contribution in [1.82, 2.24) is 14.8 Å². The summed E-state index contributed by atoms with van der Waals surface area (Å²) >= 11 is 0. The lowest BCUT2D eigenvalue weighted by Crippen LogP contribution is -2.10. The van der Waals surface area contributed by atoms with Crippen molar-refractivity contribution in [3.63, 3.8) is 0 Å². The molecule has 0 spiro atoms. The van der Waals surface area contributed by atoms with Crippen molar-refractivity contribution in [2.24, 2.45) is 0 Å². The third-order valence-corrected chi connectivity index (χ3v) is 2.95. The molecule has 0 aliphatic heterocycles. The van der Waals surface area contributed by atoms with Crippen LogP contribution in [0, 0.1) is 6.92 Å². The van der Waals surface area contributed by atoms with Crippen LogP contribution >= 0.6 is 0 Å². The first-order valence-corrected chi connectivity index (χ1v) is 6.11. The number of hydrogen-bond acceptors (Lipinski definition) is 3. The Kier molecular flexibility index (Phi) is 3.71. The fourth-order valence-electron chi connectivity index (χ4n) is 1.92. The van der Waals surface area contributed by atoms with Gasteiger partial charge in [0.2, 0.25) is 0 Å². The van der Waals surface area contributed by atoms with Gasteiger partial charge in [0.25, 0.3) is 5.82 Å². The first kappa shape index (κ1) is 15.0. The average molecular weight is 299 g/mol. The molecule has 0 atom stereocenters. The van der Waals surface area contributed by atoms with E-state index < -0.39 is 23.5 Å². The van der Waals surface area contributed by atoms with E-state index in [1.165, 1.54) is 19.1 Å². The topological polar surface area (TPSA) is 68.0 Å². The van der Waals surface area contributed by atoms with Gasteiger partial charge in [0, 0.05) is 6.42 Å². The number of carboxylic acid groups (broad SMARTS) is 1. The number of alkyl halides is 3. The van der Waals surface area contributed by atoms with Crippen LogP contribution in [0.5, 0.6) is 0 Å². The number of aryl methyl sites for hydroxylation is 2. The van der Waals surface area contributed by atoms with Crippen molar-refractivity contribution < 1.29 is 23.1 Å². The molecule has 0 saturated carbocycles. The number of benzene rings is 1. The van der Waals surface area contributed by atoms with Crippen LogP contribution in [0.1, 0.15) is 34.5 Å². The Labute approximate surface area is 118 Å². The normalized spacial score (nSPS) is 11.7. The molecule has 21 heavy (non-hydrogen) atoms. The molecule has 1 heterocycles. The summed E-state index contributed by atoms with van der Waals surface area (Å²) in [5.74, 6) is -1.49. The van der Waals surface area contributed by atoms with Crippen LogP contribution in [0.15, 0.2) is 18.2 Å². The predicted octanol–water partition coefficient (Wildman–Crippen LogP) is 2.86. The summed E-state index contributed by atoms with van der Waals surface area (Å²) in [6, 6.07) is 3.71. The molecule has 1 N–H and O–H groups in total. The van der Waals surface area contributed by atoms with Crippen LogP contribution in [0.2, 0.25) is 0 Å². The molecule has 2 aromatic rings. The maximum absolute atomic E-state index is 12.9. The van der Waals surface area contributed by atoms with Crippen molar-refractivity contribution in [1.29, 1.82) is 0 Å². The second-order valence-electron chi connectivity index (χ2n) is 4.42. The Morgan fingerprint density at radius 1 is 1.38 bits per heavy atom. The van der Waals surface area contributed by atoms with Gasteiger partial charge in [-0.1, -0.05) is 13.0 Å². The number of hydrogen-bond donors (Lipinski definition) is 1. The van der Waals surface area contributed by atoms with Gasteiger partial charge in [-0.2, -0.15) is 13.2 Å². The SMILES string of the molecule is CCc1nc(C(=O)O)nn1-c1ccc(C)c(C(F)(F)F)c1. The minimum Gasteiger partial charge on any atom is -0.475 e. The van der Waals surface area contributed by atoms with E-state index in [1.807, 2.05) is 0 Å². The molecule has 0 aliphatic rings. The molecule has 2 rings (SSSR count). The first-order chi connectivity index (χ1) is 9.74. The van der Waals surface area contributed by atoms with Crippen molar-refractivity contribution in [2.45, 2.75) is 26.4 Å². The fourth-order valence-corrected chi connectivity index (χ4v) is 1.92. The summed E-state index contributed by atoms with van der Waals surface area (Å²) in [5.41, 5.74) is -0.568. The first-order valence-electron chi connectivity index (χ1n) is 6.11. The largest absolute Gasteiger partial charge is 0.475 e. The van der Waals surface area contributed by atoms with Crippen LogP contribution in [0.3, 0.4) is 0 Å². The molecule has 0 amide bonds. The van der Waals surface area contributed by atoms with Gasteiger partial charge in [-0.05, 0) is 24.6 Å². The molecule has 1 aromatic carbocycles. The lowest BCUT2D eigenvalue weighted by Gasteiger charge is -2.12. The molecule has 1 aromatic heterocycles. The highest BCUT2D eigenvalue weighted by Crippen LogP contribution is 2.33. The molecule has 0 unspecified atom stereocenters. The van der Waals surface area contributed by atoms with Gasteiger partial charge in [0.1, 0.15) is 5.82 Å². The zero-order chi connectivity index (χ0) is 15.8. The van der Waals surface area contributed by atoms with E-state index in [2.05, 4.69) is 10.1 Å². The number of halogens is 3. The van der Waals surface area contributed by atoms with Gasteiger partial charge in [-0.25, -0.2) is 14.5 Å². The van der Waals surface area contributed by atoms with Crippen LogP contribution in [-0.2, 0) is 12.6 Å². The van der Waals surface area contributed by atoms with Crippen molar-refractivity contribution in [2.75, 3.05) is 0 Å². The zero-order valence-electron chi connectivity index (χ0n) is 11.3. The summed E-state index contributed by atoms with van der Waals surface area (Å²) in [6.07, 6.45) is -4.14. The van der Waals surface area contributed by atoms with Crippen LogP contribution in [0.4, 0.5) is 13.2 Å². The van der Waals surface area contributed by atoms with Gasteiger partial charge in [-0.15, -0.1) is 5.10 Å². The molecular weight excluding hydrogens is 287 g/mol. The van der Waals surface area contributed by atoms with Crippen LogP contribution < -0.4 is 0 Å². The average Bonchev–Trinajstić information content (AvgIpc) is 2.82. The maximum atomic E-state index is 12.9. The second-order valence-corrected chi connectivity index (χ2v) is 4.42. The highest BCUT2D eigenvalue weighted by molar-refractivity contribution is 5.83. The van der Waals surface area contributed by atoms with Gasteiger partial charge in [-0.3, -0.25) is 0 Å². The molecular formula is C13H12F3N3O2. The van der Waals surface area contributed by atoms with E-state index in [1.54, 1.807) is 6.92 Å². The van der Waals surface area contributed by atoms with Crippen molar-refractivity contribution >= 4 is 5.97 Å². The minimum absolute atomic E-state index is 0.0860. The number of aromatic carboxylic acids is 1. The minimum atomic E-state index is -4.48. The molecule has 5 nitrogen and oxygen atoms in total. The molecule has 0 aliphatic carbocycles. The third kappa shape index (κ3) is 2.88. The Hall–Kier alpha value is -2.38. The molecule has 0 fully saturated rings. The van der Waals surface area contributed by atoms with E-state index in [-0.39, 0.29) is 17.1 Å². The standard InChI is InChI=1S/C13H12F3N3O2/c1-3-10-17-11(12(20)21)18-19(10)8-5-4-7(2)9(6-8)13(14,15)16/h4-6H,3H2,1-2H3,(H,20,21). The summed E-state index contributed by atoms with van der Waals surface area (Å²) in [6.45, 7) is 3.07. The quantitative estimate of drug-likeness (QED) is 0.946. The summed E-state index contributed by atoms with van der Waals surface area (Å²) in [5, 5.41) is 12.6. The second kappa shape index (κ2) is 5.19. The highest BCUT2D eigenvalue weighted by atomic mass is 19.4. The maximum Gasteiger partial charge on any atom is 0.416 e. The van der Waals surface area contributed by atoms with Crippen molar-refractivity contribution in [3.05, 3.63) is 41.0 Å². The van der Waals surface area contributed by atoms with E-state index in [0.717, 1.165) is 10.7 Å². The molecule has 0 saturated heterocycles. The Morgan fingerprint density at radius 2 is 2.05 bits per heavy atom. The number of nitrogens with zero attached hydrogens (tertiary/aromatic N) is 3. The number of aromatic nitrogens is 3. The van der Waals surface area contributed by atoms with Crippen LogP contribution in [-0.4, -0.2) is 25.8 Å². The summed E-state index contributed by atoms with van der Waals surface area (Å²) in [7, 11) is 0. The van der Waals surface area contributed by atoms with Gasteiger partial charge in [0.05, 0.1) is 11.3 Å². The Balaban J connectivity index is 2.59. The molecule has 112 valence electrons. The Bertz CT molecular complexity index is 692. The molecule has 8 heteroatoms. The number of carbonyl (C=O) groups is 1. The van der Waals surface area contributed by atoms with E-state index in [0.29, 0.717) is 6.42 Å². The zero-order valence-corrected chi connectivity index (χ0v) is 11.3. The van der Waals surface area contributed by atoms with Gasteiger partial charge >= 0.3 is 12.1 Å². The molecule has 0 radical (unpaired) electrons. The van der Waals surface area contributed by atoms with Crippen LogP contribution in [0.25, 0.3) is 5.69 Å². The number of carboxylic acids is 1. The highest BCUT2D eigenvalue weighted by Gasteiger charge is 2.33. The van der Waals surface area contributed by atoms with Crippen molar-refractivity contribution in [3.8, 4) is 5.69 Å². The lowest BCUT2D eigenvalue weighted by atomic mass is 10.1. The Morgan fingerprint density at radius 3 is 2.57 bits per heavy atom. The lowest BCUT2D eigenvalue weighted by molar-refractivity contribution is -0.138. The fraction of sp³-hybridized carbons (Fsp3) is 0.308. The summed E-state index contributed by atoms with van der Waals surface area (Å²) in [4.78, 5) is 14.7. The van der Waals surface area contributed by atoms with E-state index in [9.17, 15) is 18.0 Å². The third-order valence-electron chi connectivity index (χ3n) is 2.95. The van der Waals surface area contributed by atoms with Gasteiger partial charge < -0.3 is 5.11 Å². The monoisotopic (exact) mass is 299 g/mol.